The molecule has 0 fully saturated rings. The summed E-state index contributed by atoms with van der Waals surface area (Å²) in [7, 11) is -1.86. The third-order valence-corrected chi connectivity index (χ3v) is 8.36. The van der Waals surface area contributed by atoms with E-state index in [1.807, 2.05) is 13.8 Å². The Morgan fingerprint density at radius 1 is 1.30 bits per heavy atom. The molecule has 6 heteroatoms. The van der Waals surface area contributed by atoms with Crippen molar-refractivity contribution in [1.82, 2.24) is 9.97 Å². The van der Waals surface area contributed by atoms with Crippen molar-refractivity contribution < 1.29 is 9.16 Å². The van der Waals surface area contributed by atoms with Crippen LogP contribution in [0.3, 0.4) is 0 Å². The van der Waals surface area contributed by atoms with Crippen molar-refractivity contribution in [2.45, 2.75) is 58.9 Å². The lowest BCUT2D eigenvalue weighted by molar-refractivity contribution is 0.143. The van der Waals surface area contributed by atoms with E-state index < -0.39 is 8.32 Å². The number of aliphatic imine (C=N–C) groups is 1. The highest BCUT2D eigenvalue weighted by molar-refractivity contribution is 6.74. The summed E-state index contributed by atoms with van der Waals surface area (Å²) < 4.78 is 11.9. The van der Waals surface area contributed by atoms with Crippen molar-refractivity contribution in [2.24, 2.45) is 4.99 Å². The Kier molecular flexibility index (Phi) is 6.65. The van der Waals surface area contributed by atoms with Gasteiger partial charge in [0.2, 0.25) is 0 Å². The van der Waals surface area contributed by atoms with E-state index in [2.05, 4.69) is 55.4 Å². The van der Waals surface area contributed by atoms with E-state index in [1.54, 1.807) is 18.5 Å². The Labute approximate surface area is 141 Å². The third kappa shape index (κ3) is 6.23. The average molecular weight is 336 g/mol. The molecule has 0 saturated carbocycles. The van der Waals surface area contributed by atoms with Gasteiger partial charge in [0.25, 0.3) is 0 Å². The Bertz CT molecular complexity index is 544. The number of rotatable bonds is 7. The lowest BCUT2D eigenvalue weighted by Gasteiger charge is -2.38. The van der Waals surface area contributed by atoms with Crippen LogP contribution in [0.15, 0.2) is 30.0 Å². The summed E-state index contributed by atoms with van der Waals surface area (Å²) in [5, 5.41) is 0.141. The molecule has 0 amide bonds. The molecule has 5 nitrogen and oxygen atoms in total. The Balaban J connectivity index is 2.65. The van der Waals surface area contributed by atoms with Crippen molar-refractivity contribution in [2.75, 3.05) is 6.61 Å². The zero-order chi connectivity index (χ0) is 17.7. The maximum absolute atomic E-state index is 6.27. The Morgan fingerprint density at radius 3 is 2.30 bits per heavy atom. The number of hydrogen-bond donors (Lipinski definition) is 0. The second kappa shape index (κ2) is 7.83. The minimum Gasteiger partial charge on any atom is -0.460 e. The first-order valence-electron chi connectivity index (χ1n) is 7.82. The van der Waals surface area contributed by atoms with E-state index in [-0.39, 0.29) is 11.1 Å². The van der Waals surface area contributed by atoms with Crippen LogP contribution in [0.1, 0.15) is 34.6 Å². The molecule has 0 aromatic carbocycles. The van der Waals surface area contributed by atoms with Crippen molar-refractivity contribution >= 4 is 19.7 Å². The van der Waals surface area contributed by atoms with E-state index in [0.717, 1.165) is 11.4 Å². The van der Waals surface area contributed by atoms with Crippen LogP contribution in [0.2, 0.25) is 18.1 Å². The molecule has 0 unspecified atom stereocenters. The van der Waals surface area contributed by atoms with Crippen LogP contribution < -0.4 is 4.74 Å². The summed E-state index contributed by atoms with van der Waals surface area (Å²) in [4.78, 5) is 12.6. The third-order valence-electron chi connectivity index (χ3n) is 3.86. The quantitative estimate of drug-likeness (QED) is 0.417. The molecular weight excluding hydrogens is 306 g/mol. The summed E-state index contributed by atoms with van der Waals surface area (Å²) in [6, 6.07) is 0.323. The molecule has 1 atom stereocenters. The molecule has 0 aliphatic rings. The molecule has 1 aromatic heterocycles. The van der Waals surface area contributed by atoms with Gasteiger partial charge in [0.1, 0.15) is 6.61 Å². The lowest BCUT2D eigenvalue weighted by atomic mass is 10.2. The van der Waals surface area contributed by atoms with Gasteiger partial charge < -0.3 is 9.16 Å². The summed E-state index contributed by atoms with van der Waals surface area (Å²) >= 11 is 0. The van der Waals surface area contributed by atoms with E-state index >= 15 is 0 Å². The summed E-state index contributed by atoms with van der Waals surface area (Å²) in [6.07, 6.45) is 4.90. The van der Waals surface area contributed by atoms with Crippen molar-refractivity contribution in [3.05, 3.63) is 25.0 Å². The summed E-state index contributed by atoms with van der Waals surface area (Å²) in [5.41, 5.74) is 1.67. The fraction of sp³-hybridized carbons (Fsp3) is 0.588. The van der Waals surface area contributed by atoms with Gasteiger partial charge >= 0.3 is 6.01 Å². The molecule has 0 aliphatic heterocycles. The van der Waals surface area contributed by atoms with Crippen LogP contribution in [0.4, 0.5) is 5.69 Å². The van der Waals surface area contributed by atoms with Crippen LogP contribution in [0.25, 0.3) is 0 Å². The molecule has 1 rings (SSSR count). The standard InChI is InChI=1S/C17H29N3O2Si/c1-9-15(22-23(7,8)17(4,5)6)12-21-16-18-10-14(11-19-16)20-13(2)3/h9-11,15H,1,12H2,2-8H3/t15-/m0/s1. The van der Waals surface area contributed by atoms with Crippen LogP contribution in [0.5, 0.6) is 6.01 Å². The monoisotopic (exact) mass is 335 g/mol. The molecule has 23 heavy (non-hydrogen) atoms. The van der Waals surface area contributed by atoms with Gasteiger partial charge in [0, 0.05) is 5.71 Å². The number of nitrogens with zero attached hydrogens (tertiary/aromatic N) is 3. The van der Waals surface area contributed by atoms with Gasteiger partial charge in [0.05, 0.1) is 24.2 Å². The molecule has 0 radical (unpaired) electrons. The fourth-order valence-electron chi connectivity index (χ4n) is 1.56. The molecule has 1 heterocycles. The first-order valence-corrected chi connectivity index (χ1v) is 10.7. The second-order valence-electron chi connectivity index (χ2n) is 7.25. The molecule has 0 N–H and O–H groups in total. The smallest absolute Gasteiger partial charge is 0.316 e. The van der Waals surface area contributed by atoms with Gasteiger partial charge in [-0.15, -0.1) is 6.58 Å². The number of ether oxygens (including phenoxy) is 1. The molecule has 0 saturated heterocycles. The van der Waals surface area contributed by atoms with Crippen molar-refractivity contribution in [1.29, 1.82) is 0 Å². The van der Waals surface area contributed by atoms with Gasteiger partial charge in [0.15, 0.2) is 8.32 Å². The van der Waals surface area contributed by atoms with Crippen LogP contribution in [-0.4, -0.2) is 36.7 Å². The minimum atomic E-state index is -1.86. The Hall–Kier alpha value is -1.53. The lowest BCUT2D eigenvalue weighted by Crippen LogP contribution is -2.44. The van der Waals surface area contributed by atoms with Gasteiger partial charge in [-0.2, -0.15) is 0 Å². The van der Waals surface area contributed by atoms with E-state index in [9.17, 15) is 0 Å². The maximum atomic E-state index is 6.27. The predicted octanol–water partition coefficient (Wildman–Crippen LogP) is 4.54. The minimum absolute atomic E-state index is 0.141. The van der Waals surface area contributed by atoms with Gasteiger partial charge in [-0.25, -0.2) is 9.97 Å². The van der Waals surface area contributed by atoms with Crippen molar-refractivity contribution in [3.63, 3.8) is 0 Å². The predicted molar refractivity (Wildman–Crippen MR) is 98.2 cm³/mol. The summed E-state index contributed by atoms with van der Waals surface area (Å²) in [6.45, 7) is 19.1. The number of aromatic nitrogens is 2. The highest BCUT2D eigenvalue weighted by Crippen LogP contribution is 2.37. The normalized spacial score (nSPS) is 13.3. The fourth-order valence-corrected chi connectivity index (χ4v) is 2.84. The summed E-state index contributed by atoms with van der Waals surface area (Å²) in [5.74, 6) is 0. The van der Waals surface area contributed by atoms with Gasteiger partial charge in [-0.1, -0.05) is 26.8 Å². The van der Waals surface area contributed by atoms with E-state index in [1.165, 1.54) is 0 Å². The zero-order valence-corrected chi connectivity index (χ0v) is 16.4. The van der Waals surface area contributed by atoms with Crippen molar-refractivity contribution in [3.8, 4) is 6.01 Å². The van der Waals surface area contributed by atoms with E-state index in [0.29, 0.717) is 12.6 Å². The highest BCUT2D eigenvalue weighted by Gasteiger charge is 2.38. The molecule has 128 valence electrons. The van der Waals surface area contributed by atoms with Crippen LogP contribution in [0, 0.1) is 0 Å². The maximum Gasteiger partial charge on any atom is 0.316 e. The molecule has 0 aliphatic carbocycles. The van der Waals surface area contributed by atoms with Gasteiger partial charge in [-0.05, 0) is 32.0 Å². The SMILES string of the molecule is C=C[C@@H](COc1ncc(N=C(C)C)cn1)O[Si](C)(C)C(C)(C)C. The Morgan fingerprint density at radius 2 is 1.87 bits per heavy atom. The largest absolute Gasteiger partial charge is 0.460 e. The van der Waals surface area contributed by atoms with Crippen LogP contribution >= 0.6 is 0 Å². The van der Waals surface area contributed by atoms with Crippen LogP contribution in [-0.2, 0) is 4.43 Å². The van der Waals surface area contributed by atoms with Gasteiger partial charge in [-0.3, -0.25) is 4.99 Å². The molecule has 0 spiro atoms. The first kappa shape index (κ1) is 19.5. The van der Waals surface area contributed by atoms with E-state index in [4.69, 9.17) is 9.16 Å². The highest BCUT2D eigenvalue weighted by atomic mass is 28.4. The zero-order valence-electron chi connectivity index (χ0n) is 15.4. The number of hydrogen-bond acceptors (Lipinski definition) is 5. The topological polar surface area (TPSA) is 56.6 Å². The second-order valence-corrected chi connectivity index (χ2v) is 12.0. The first-order chi connectivity index (χ1) is 10.5. The molecular formula is C17H29N3O2Si. The average Bonchev–Trinajstić information content (AvgIpc) is 2.43. The molecule has 0 bridgehead atoms. The molecule has 1 aromatic rings.